The van der Waals surface area contributed by atoms with Gasteiger partial charge < -0.3 is 14.7 Å². The molecule has 1 aliphatic heterocycles. The normalized spacial score (nSPS) is 20.5. The Morgan fingerprint density at radius 1 is 1.17 bits per heavy atom. The summed E-state index contributed by atoms with van der Waals surface area (Å²) in [4.78, 5) is 14.0. The van der Waals surface area contributed by atoms with E-state index in [0.717, 1.165) is 5.56 Å². The van der Waals surface area contributed by atoms with Crippen molar-refractivity contribution in [2.75, 3.05) is 13.2 Å². The SMILES string of the molecule is O=C(COc1ccccc1)N1C[C@H](O)C[C@H]1c1ccc(F)cc1. The van der Waals surface area contributed by atoms with Crippen molar-refractivity contribution in [3.8, 4) is 5.75 Å². The smallest absolute Gasteiger partial charge is 0.261 e. The first kappa shape index (κ1) is 15.5. The average molecular weight is 315 g/mol. The minimum absolute atomic E-state index is 0.0889. The minimum Gasteiger partial charge on any atom is -0.484 e. The van der Waals surface area contributed by atoms with Gasteiger partial charge >= 0.3 is 0 Å². The summed E-state index contributed by atoms with van der Waals surface area (Å²) in [7, 11) is 0. The van der Waals surface area contributed by atoms with Crippen LogP contribution in [0.15, 0.2) is 54.6 Å². The van der Waals surface area contributed by atoms with Crippen LogP contribution < -0.4 is 4.74 Å². The molecule has 0 unspecified atom stereocenters. The molecular weight excluding hydrogens is 297 g/mol. The fraction of sp³-hybridized carbons (Fsp3) is 0.278. The maximum atomic E-state index is 13.1. The molecule has 0 saturated carbocycles. The molecule has 2 aromatic rings. The zero-order valence-electron chi connectivity index (χ0n) is 12.6. The number of hydrogen-bond acceptors (Lipinski definition) is 3. The summed E-state index contributed by atoms with van der Waals surface area (Å²) in [5.74, 6) is 0.108. The Morgan fingerprint density at radius 2 is 1.87 bits per heavy atom. The third-order valence-corrected chi connectivity index (χ3v) is 3.96. The van der Waals surface area contributed by atoms with Crippen LogP contribution in [0.4, 0.5) is 4.39 Å². The van der Waals surface area contributed by atoms with Crippen LogP contribution in [0.25, 0.3) is 0 Å². The third-order valence-electron chi connectivity index (χ3n) is 3.96. The van der Waals surface area contributed by atoms with E-state index < -0.39 is 6.10 Å². The van der Waals surface area contributed by atoms with Crippen molar-refractivity contribution >= 4 is 5.91 Å². The number of rotatable bonds is 4. The summed E-state index contributed by atoms with van der Waals surface area (Å²) >= 11 is 0. The van der Waals surface area contributed by atoms with Crippen molar-refractivity contribution in [2.45, 2.75) is 18.6 Å². The molecule has 1 heterocycles. The molecule has 1 fully saturated rings. The number of nitrogens with zero attached hydrogens (tertiary/aromatic N) is 1. The Hall–Kier alpha value is -2.40. The molecule has 1 N–H and O–H groups in total. The second-order valence-corrected chi connectivity index (χ2v) is 5.60. The van der Waals surface area contributed by atoms with E-state index >= 15 is 0 Å². The van der Waals surface area contributed by atoms with Crippen LogP contribution in [-0.4, -0.2) is 35.2 Å². The maximum absolute atomic E-state index is 13.1. The van der Waals surface area contributed by atoms with Crippen LogP contribution in [0.1, 0.15) is 18.0 Å². The van der Waals surface area contributed by atoms with Gasteiger partial charge in [0.05, 0.1) is 12.1 Å². The van der Waals surface area contributed by atoms with Gasteiger partial charge in [0, 0.05) is 6.54 Å². The van der Waals surface area contributed by atoms with Gasteiger partial charge in [0.2, 0.25) is 0 Å². The van der Waals surface area contributed by atoms with E-state index in [1.54, 1.807) is 29.2 Å². The summed E-state index contributed by atoms with van der Waals surface area (Å²) in [5.41, 5.74) is 0.816. The molecule has 1 amide bonds. The lowest BCUT2D eigenvalue weighted by Crippen LogP contribution is -2.35. The number of β-amino-alcohol motifs (C(OH)–C–C–N with tert-alkyl or cyclic N) is 1. The van der Waals surface area contributed by atoms with E-state index in [0.29, 0.717) is 12.2 Å². The van der Waals surface area contributed by atoms with Gasteiger partial charge in [-0.05, 0) is 36.2 Å². The summed E-state index contributed by atoms with van der Waals surface area (Å²) in [6.07, 6.45) is -0.131. The molecule has 0 aromatic heterocycles. The highest BCUT2D eigenvalue weighted by Gasteiger charge is 2.35. The molecule has 23 heavy (non-hydrogen) atoms. The number of aliphatic hydroxyl groups excluding tert-OH is 1. The number of carbonyl (C=O) groups excluding carboxylic acids is 1. The predicted molar refractivity (Wildman–Crippen MR) is 83.4 cm³/mol. The molecule has 2 aromatic carbocycles. The Morgan fingerprint density at radius 3 is 2.57 bits per heavy atom. The van der Waals surface area contributed by atoms with Crippen LogP contribution in [0, 0.1) is 5.82 Å². The highest BCUT2D eigenvalue weighted by atomic mass is 19.1. The van der Waals surface area contributed by atoms with Gasteiger partial charge in [0.15, 0.2) is 6.61 Å². The summed E-state index contributed by atoms with van der Waals surface area (Å²) in [6, 6.07) is 14.9. The van der Waals surface area contributed by atoms with Crippen LogP contribution in [0.5, 0.6) is 5.75 Å². The Kier molecular flexibility index (Phi) is 4.57. The Balaban J connectivity index is 1.69. The third kappa shape index (κ3) is 3.68. The monoisotopic (exact) mass is 315 g/mol. The van der Waals surface area contributed by atoms with Gasteiger partial charge in [-0.3, -0.25) is 4.79 Å². The lowest BCUT2D eigenvalue weighted by atomic mass is 10.0. The molecule has 120 valence electrons. The van der Waals surface area contributed by atoms with E-state index in [2.05, 4.69) is 0 Å². The first-order valence-corrected chi connectivity index (χ1v) is 7.54. The topological polar surface area (TPSA) is 49.8 Å². The molecule has 1 aliphatic rings. The minimum atomic E-state index is -0.578. The number of ether oxygens (including phenoxy) is 1. The van der Waals surface area contributed by atoms with Crippen LogP contribution >= 0.6 is 0 Å². The highest BCUT2D eigenvalue weighted by Crippen LogP contribution is 2.32. The zero-order valence-corrected chi connectivity index (χ0v) is 12.6. The molecule has 0 spiro atoms. The summed E-state index contributed by atoms with van der Waals surface area (Å²) in [6.45, 7) is 0.174. The van der Waals surface area contributed by atoms with Crippen LogP contribution in [0.2, 0.25) is 0 Å². The van der Waals surface area contributed by atoms with Gasteiger partial charge in [-0.1, -0.05) is 30.3 Å². The fourth-order valence-corrected chi connectivity index (χ4v) is 2.84. The number of hydrogen-bond donors (Lipinski definition) is 1. The number of aliphatic hydroxyl groups is 1. The van der Waals surface area contributed by atoms with Gasteiger partial charge in [0.25, 0.3) is 5.91 Å². The van der Waals surface area contributed by atoms with Crippen molar-refractivity contribution < 1.29 is 19.0 Å². The molecule has 1 saturated heterocycles. The van der Waals surface area contributed by atoms with E-state index in [4.69, 9.17) is 4.74 Å². The molecule has 2 atom stereocenters. The van der Waals surface area contributed by atoms with E-state index in [1.807, 2.05) is 18.2 Å². The van der Waals surface area contributed by atoms with Gasteiger partial charge in [0.1, 0.15) is 11.6 Å². The first-order chi connectivity index (χ1) is 11.1. The van der Waals surface area contributed by atoms with Gasteiger partial charge in [-0.15, -0.1) is 0 Å². The number of likely N-dealkylation sites (tertiary alicyclic amines) is 1. The molecule has 0 bridgehead atoms. The molecule has 0 aliphatic carbocycles. The van der Waals surface area contributed by atoms with Crippen molar-refractivity contribution in [2.24, 2.45) is 0 Å². The maximum Gasteiger partial charge on any atom is 0.261 e. The summed E-state index contributed by atoms with van der Waals surface area (Å²) < 4.78 is 18.6. The number of benzene rings is 2. The van der Waals surface area contributed by atoms with Crippen molar-refractivity contribution in [3.05, 3.63) is 66.0 Å². The number of para-hydroxylation sites is 1. The molecule has 5 heteroatoms. The second-order valence-electron chi connectivity index (χ2n) is 5.60. The van der Waals surface area contributed by atoms with E-state index in [-0.39, 0.29) is 30.9 Å². The lowest BCUT2D eigenvalue weighted by Gasteiger charge is -2.24. The van der Waals surface area contributed by atoms with Gasteiger partial charge in [-0.2, -0.15) is 0 Å². The standard InChI is InChI=1S/C18H18FNO3/c19-14-8-6-13(7-9-14)17-10-15(21)11-20(17)18(22)12-23-16-4-2-1-3-5-16/h1-9,15,17,21H,10-12H2/t15-,17+/m1/s1. The second kappa shape index (κ2) is 6.79. The molecule has 0 radical (unpaired) electrons. The quantitative estimate of drug-likeness (QED) is 0.943. The zero-order chi connectivity index (χ0) is 16.2. The Labute approximate surface area is 134 Å². The van der Waals surface area contributed by atoms with Crippen LogP contribution in [-0.2, 0) is 4.79 Å². The first-order valence-electron chi connectivity index (χ1n) is 7.54. The van der Waals surface area contributed by atoms with E-state index in [1.165, 1.54) is 12.1 Å². The summed E-state index contributed by atoms with van der Waals surface area (Å²) in [5, 5.41) is 9.91. The molecular formula is C18H18FNO3. The predicted octanol–water partition coefficient (Wildman–Crippen LogP) is 2.54. The number of amides is 1. The average Bonchev–Trinajstić information content (AvgIpc) is 2.96. The number of carbonyl (C=O) groups is 1. The van der Waals surface area contributed by atoms with Crippen LogP contribution in [0.3, 0.4) is 0 Å². The van der Waals surface area contributed by atoms with Crippen molar-refractivity contribution in [1.82, 2.24) is 4.90 Å². The van der Waals surface area contributed by atoms with Gasteiger partial charge in [-0.25, -0.2) is 4.39 Å². The largest absolute Gasteiger partial charge is 0.484 e. The van der Waals surface area contributed by atoms with E-state index in [9.17, 15) is 14.3 Å². The lowest BCUT2D eigenvalue weighted by molar-refractivity contribution is -0.134. The highest BCUT2D eigenvalue weighted by molar-refractivity contribution is 5.78. The molecule has 3 rings (SSSR count). The van der Waals surface area contributed by atoms with Crippen molar-refractivity contribution in [1.29, 1.82) is 0 Å². The Bertz CT molecular complexity index is 660. The molecule has 4 nitrogen and oxygen atoms in total. The fourth-order valence-electron chi connectivity index (χ4n) is 2.84. The van der Waals surface area contributed by atoms with Crippen molar-refractivity contribution in [3.63, 3.8) is 0 Å². The number of halogens is 1.